The monoisotopic (exact) mass is 394 g/mol. The first kappa shape index (κ1) is 19.9. The normalized spacial score (nSPS) is 11.6. The molecule has 0 saturated heterocycles. The van der Waals surface area contributed by atoms with Gasteiger partial charge >= 0.3 is 6.03 Å². The SMILES string of the molecule is O=C(NCCN[S+]([O-])c1ccccc1-c1ccccc1)NCc1cccnc1. The van der Waals surface area contributed by atoms with Crippen LogP contribution in [0, 0.1) is 0 Å². The van der Waals surface area contributed by atoms with E-state index < -0.39 is 11.4 Å². The summed E-state index contributed by atoms with van der Waals surface area (Å²) >= 11 is -1.37. The van der Waals surface area contributed by atoms with Gasteiger partial charge in [0, 0.05) is 31.0 Å². The smallest absolute Gasteiger partial charge is 0.315 e. The van der Waals surface area contributed by atoms with Crippen molar-refractivity contribution in [3.8, 4) is 11.1 Å². The molecule has 2 amide bonds. The quantitative estimate of drug-likeness (QED) is 0.405. The fourth-order valence-electron chi connectivity index (χ4n) is 2.63. The number of pyridine rings is 1. The molecule has 1 heterocycles. The van der Waals surface area contributed by atoms with E-state index in [1.165, 1.54) is 0 Å². The summed E-state index contributed by atoms with van der Waals surface area (Å²) in [4.78, 5) is 16.5. The molecule has 0 spiro atoms. The third-order valence-electron chi connectivity index (χ3n) is 3.99. The van der Waals surface area contributed by atoms with E-state index in [2.05, 4.69) is 20.3 Å². The molecule has 0 bridgehead atoms. The maximum Gasteiger partial charge on any atom is 0.315 e. The predicted octanol–water partition coefficient (Wildman–Crippen LogP) is 2.86. The van der Waals surface area contributed by atoms with Gasteiger partial charge in [0.25, 0.3) is 0 Å². The number of urea groups is 1. The van der Waals surface area contributed by atoms with Crippen molar-refractivity contribution in [3.05, 3.63) is 84.7 Å². The van der Waals surface area contributed by atoms with Crippen molar-refractivity contribution in [1.29, 1.82) is 0 Å². The third-order valence-corrected chi connectivity index (χ3v) is 5.21. The molecule has 0 aliphatic heterocycles. The molecule has 3 aromatic rings. The molecule has 0 radical (unpaired) electrons. The highest BCUT2D eigenvalue weighted by atomic mass is 32.2. The Kier molecular flexibility index (Phi) is 7.43. The van der Waals surface area contributed by atoms with Gasteiger partial charge in [-0.2, -0.15) is 0 Å². The van der Waals surface area contributed by atoms with Crippen LogP contribution in [0.3, 0.4) is 0 Å². The molecule has 144 valence electrons. The van der Waals surface area contributed by atoms with E-state index in [9.17, 15) is 9.35 Å². The summed E-state index contributed by atoms with van der Waals surface area (Å²) in [5.41, 5.74) is 2.87. The largest absolute Gasteiger partial charge is 0.593 e. The zero-order valence-corrected chi connectivity index (χ0v) is 16.1. The molecule has 6 nitrogen and oxygen atoms in total. The minimum Gasteiger partial charge on any atom is -0.593 e. The van der Waals surface area contributed by atoms with Gasteiger partial charge in [-0.3, -0.25) is 4.98 Å². The van der Waals surface area contributed by atoms with Crippen LogP contribution < -0.4 is 15.4 Å². The zero-order chi connectivity index (χ0) is 19.6. The van der Waals surface area contributed by atoms with Crippen LogP contribution >= 0.6 is 0 Å². The highest BCUT2D eigenvalue weighted by Gasteiger charge is 2.17. The van der Waals surface area contributed by atoms with Gasteiger partial charge in [0.2, 0.25) is 0 Å². The lowest BCUT2D eigenvalue weighted by Crippen LogP contribution is -2.40. The van der Waals surface area contributed by atoms with Gasteiger partial charge in [0.1, 0.15) is 0 Å². The number of benzene rings is 2. The molecular formula is C21H22N4O2S. The maximum atomic E-state index is 12.7. The lowest BCUT2D eigenvalue weighted by atomic mass is 10.1. The number of hydrogen-bond acceptors (Lipinski definition) is 4. The molecule has 1 aromatic heterocycles. The highest BCUT2D eigenvalue weighted by molar-refractivity contribution is 7.89. The summed E-state index contributed by atoms with van der Waals surface area (Å²) < 4.78 is 15.6. The second kappa shape index (κ2) is 10.5. The van der Waals surface area contributed by atoms with E-state index in [0.717, 1.165) is 21.6 Å². The Morgan fingerprint density at radius 3 is 2.50 bits per heavy atom. The Bertz CT molecular complexity index is 878. The number of amides is 2. The molecular weight excluding hydrogens is 372 g/mol. The van der Waals surface area contributed by atoms with E-state index >= 15 is 0 Å². The number of hydrogen-bond donors (Lipinski definition) is 3. The number of carbonyl (C=O) groups excluding carboxylic acids is 1. The van der Waals surface area contributed by atoms with Gasteiger partial charge in [-0.25, -0.2) is 4.79 Å². The molecule has 1 atom stereocenters. The Morgan fingerprint density at radius 2 is 1.71 bits per heavy atom. The number of aromatic nitrogens is 1. The summed E-state index contributed by atoms with van der Waals surface area (Å²) in [6.45, 7) is 1.15. The van der Waals surface area contributed by atoms with Crippen molar-refractivity contribution in [2.24, 2.45) is 0 Å². The van der Waals surface area contributed by atoms with E-state index in [-0.39, 0.29) is 6.03 Å². The number of nitrogens with one attached hydrogen (secondary N) is 3. The summed E-state index contributed by atoms with van der Waals surface area (Å²) in [5, 5.41) is 5.49. The molecule has 3 rings (SSSR count). The van der Waals surface area contributed by atoms with E-state index in [0.29, 0.717) is 19.6 Å². The van der Waals surface area contributed by atoms with Crippen LogP contribution in [0.1, 0.15) is 5.56 Å². The molecule has 0 fully saturated rings. The Balaban J connectivity index is 1.45. The number of nitrogens with zero attached hydrogens (tertiary/aromatic N) is 1. The van der Waals surface area contributed by atoms with Crippen LogP contribution in [-0.4, -0.2) is 28.7 Å². The van der Waals surface area contributed by atoms with Crippen molar-refractivity contribution in [2.75, 3.05) is 13.1 Å². The van der Waals surface area contributed by atoms with E-state index in [1.54, 1.807) is 12.4 Å². The van der Waals surface area contributed by atoms with E-state index in [1.807, 2.05) is 66.7 Å². The van der Waals surface area contributed by atoms with Crippen molar-refractivity contribution >= 4 is 17.4 Å². The molecule has 7 heteroatoms. The first-order chi connectivity index (χ1) is 13.7. The molecule has 0 saturated carbocycles. The number of rotatable bonds is 8. The summed E-state index contributed by atoms with van der Waals surface area (Å²) in [6, 6.07) is 20.9. The van der Waals surface area contributed by atoms with Crippen LogP contribution in [0.2, 0.25) is 0 Å². The second-order valence-corrected chi connectivity index (χ2v) is 7.26. The minimum atomic E-state index is -1.37. The summed E-state index contributed by atoms with van der Waals surface area (Å²) in [6.07, 6.45) is 3.39. The van der Waals surface area contributed by atoms with Gasteiger partial charge < -0.3 is 15.2 Å². The van der Waals surface area contributed by atoms with Crippen molar-refractivity contribution in [2.45, 2.75) is 11.4 Å². The highest BCUT2D eigenvalue weighted by Crippen LogP contribution is 2.26. The minimum absolute atomic E-state index is 0.277. The van der Waals surface area contributed by atoms with Gasteiger partial charge in [0.05, 0.1) is 17.9 Å². The van der Waals surface area contributed by atoms with Crippen LogP contribution in [0.25, 0.3) is 11.1 Å². The van der Waals surface area contributed by atoms with Crippen LogP contribution in [0.5, 0.6) is 0 Å². The zero-order valence-electron chi connectivity index (χ0n) is 15.3. The van der Waals surface area contributed by atoms with Crippen molar-refractivity contribution < 1.29 is 9.35 Å². The van der Waals surface area contributed by atoms with Crippen LogP contribution in [0.4, 0.5) is 4.79 Å². The third kappa shape index (κ3) is 5.82. The van der Waals surface area contributed by atoms with Crippen molar-refractivity contribution in [1.82, 2.24) is 20.3 Å². The van der Waals surface area contributed by atoms with Crippen LogP contribution in [0.15, 0.2) is 84.0 Å². The Morgan fingerprint density at radius 1 is 0.929 bits per heavy atom. The van der Waals surface area contributed by atoms with Crippen molar-refractivity contribution in [3.63, 3.8) is 0 Å². The molecule has 28 heavy (non-hydrogen) atoms. The first-order valence-electron chi connectivity index (χ1n) is 8.94. The molecule has 0 aliphatic rings. The average Bonchev–Trinajstić information content (AvgIpc) is 2.76. The van der Waals surface area contributed by atoms with Gasteiger partial charge in [-0.15, -0.1) is 4.72 Å². The lowest BCUT2D eigenvalue weighted by molar-refractivity contribution is 0.240. The second-order valence-electron chi connectivity index (χ2n) is 6.00. The fourth-order valence-corrected chi connectivity index (χ4v) is 3.66. The molecule has 3 N–H and O–H groups in total. The Hall–Kier alpha value is -2.87. The lowest BCUT2D eigenvalue weighted by Gasteiger charge is -2.14. The van der Waals surface area contributed by atoms with Gasteiger partial charge in [-0.1, -0.05) is 48.5 Å². The predicted molar refractivity (Wildman–Crippen MR) is 111 cm³/mol. The average molecular weight is 395 g/mol. The topological polar surface area (TPSA) is 89.1 Å². The first-order valence-corrected chi connectivity index (χ1v) is 10.1. The molecule has 2 aromatic carbocycles. The Labute approximate surface area is 167 Å². The van der Waals surface area contributed by atoms with E-state index in [4.69, 9.17) is 0 Å². The summed E-state index contributed by atoms with van der Waals surface area (Å²) in [7, 11) is 0. The fraction of sp³-hybridized carbons (Fsp3) is 0.143. The van der Waals surface area contributed by atoms with Crippen LogP contribution in [-0.2, 0) is 17.9 Å². The number of carbonyl (C=O) groups is 1. The maximum absolute atomic E-state index is 12.7. The molecule has 0 aliphatic carbocycles. The standard InChI is InChI=1S/C21H22N4O2S/c26-21(24-16-17-7-6-12-22-15-17)23-13-14-25-28(27)20-11-5-4-10-19(20)18-8-2-1-3-9-18/h1-12,15,25H,13-14,16H2,(H2,23,24,26). The molecule has 1 unspecified atom stereocenters. The van der Waals surface area contributed by atoms with Gasteiger partial charge in [0.15, 0.2) is 4.90 Å². The summed E-state index contributed by atoms with van der Waals surface area (Å²) in [5.74, 6) is 0. The van der Waals surface area contributed by atoms with Gasteiger partial charge in [-0.05, 0) is 29.3 Å².